The van der Waals surface area contributed by atoms with Crippen LogP contribution in [0.25, 0.3) is 0 Å². The van der Waals surface area contributed by atoms with Crippen LogP contribution in [0.1, 0.15) is 30.9 Å². The number of rotatable bonds is 6. The molecule has 0 aromatic heterocycles. The fourth-order valence-corrected chi connectivity index (χ4v) is 3.02. The normalized spacial score (nSPS) is 19.3. The molecule has 0 saturated carbocycles. The molecule has 3 nitrogen and oxygen atoms in total. The zero-order valence-electron chi connectivity index (χ0n) is 13.1. The molecule has 20 heavy (non-hydrogen) atoms. The highest BCUT2D eigenvalue weighted by Gasteiger charge is 2.17. The number of ether oxygens (including phenoxy) is 1. The molecule has 1 fully saturated rings. The molecule has 0 amide bonds. The van der Waals surface area contributed by atoms with Crippen molar-refractivity contribution < 1.29 is 4.74 Å². The number of methoxy groups -OCH3 is 1. The Morgan fingerprint density at radius 1 is 1.40 bits per heavy atom. The second-order valence-corrected chi connectivity index (χ2v) is 5.86. The Bertz CT molecular complexity index is 413. The van der Waals surface area contributed by atoms with Crippen LogP contribution in [0.2, 0.25) is 0 Å². The molecule has 0 radical (unpaired) electrons. The van der Waals surface area contributed by atoms with Crippen LogP contribution in [0, 0.1) is 12.8 Å². The van der Waals surface area contributed by atoms with Crippen molar-refractivity contribution >= 4 is 0 Å². The number of hydrogen-bond donors (Lipinski definition) is 1. The molecule has 0 bridgehead atoms. The first-order valence-corrected chi connectivity index (χ1v) is 7.79. The van der Waals surface area contributed by atoms with Gasteiger partial charge in [-0.3, -0.25) is 4.90 Å². The molecular formula is C17H28N2O. The van der Waals surface area contributed by atoms with Crippen LogP contribution < -0.4 is 10.1 Å². The zero-order valence-corrected chi connectivity index (χ0v) is 13.1. The van der Waals surface area contributed by atoms with E-state index >= 15 is 0 Å². The first kappa shape index (κ1) is 15.3. The fourth-order valence-electron chi connectivity index (χ4n) is 3.02. The summed E-state index contributed by atoms with van der Waals surface area (Å²) in [5.74, 6) is 1.80. The Balaban J connectivity index is 1.99. The molecule has 3 heteroatoms. The topological polar surface area (TPSA) is 24.5 Å². The van der Waals surface area contributed by atoms with Gasteiger partial charge in [0, 0.05) is 18.7 Å². The van der Waals surface area contributed by atoms with Gasteiger partial charge in [0.15, 0.2) is 0 Å². The van der Waals surface area contributed by atoms with E-state index in [0.29, 0.717) is 0 Å². The molecule has 1 heterocycles. The van der Waals surface area contributed by atoms with Gasteiger partial charge in [-0.2, -0.15) is 0 Å². The summed E-state index contributed by atoms with van der Waals surface area (Å²) in [7, 11) is 1.76. The maximum atomic E-state index is 5.50. The van der Waals surface area contributed by atoms with Gasteiger partial charge in [-0.05, 0) is 51.4 Å². The smallest absolute Gasteiger partial charge is 0.123 e. The fraction of sp³-hybridized carbons (Fsp3) is 0.647. The molecule has 1 saturated heterocycles. The third kappa shape index (κ3) is 4.22. The summed E-state index contributed by atoms with van der Waals surface area (Å²) in [6.45, 7) is 10.0. The lowest BCUT2D eigenvalue weighted by atomic mass is 9.98. The van der Waals surface area contributed by atoms with Gasteiger partial charge in [-0.15, -0.1) is 0 Å². The molecule has 1 aromatic carbocycles. The highest BCUT2D eigenvalue weighted by atomic mass is 16.5. The van der Waals surface area contributed by atoms with Crippen LogP contribution in [-0.2, 0) is 6.54 Å². The van der Waals surface area contributed by atoms with Gasteiger partial charge in [-0.1, -0.05) is 24.6 Å². The second kappa shape index (κ2) is 7.65. The predicted octanol–water partition coefficient (Wildman–Crippen LogP) is 2.83. The molecule has 1 aliphatic heterocycles. The van der Waals surface area contributed by atoms with E-state index in [4.69, 9.17) is 4.74 Å². The van der Waals surface area contributed by atoms with Gasteiger partial charge in [0.05, 0.1) is 7.11 Å². The Kier molecular flexibility index (Phi) is 5.86. The van der Waals surface area contributed by atoms with Crippen LogP contribution in [0.5, 0.6) is 5.75 Å². The van der Waals surface area contributed by atoms with Crippen molar-refractivity contribution in [3.8, 4) is 5.75 Å². The quantitative estimate of drug-likeness (QED) is 0.864. The summed E-state index contributed by atoms with van der Waals surface area (Å²) in [5.41, 5.74) is 2.61. The highest BCUT2D eigenvalue weighted by Crippen LogP contribution is 2.22. The number of piperidine rings is 1. The van der Waals surface area contributed by atoms with Gasteiger partial charge in [-0.25, -0.2) is 0 Å². The van der Waals surface area contributed by atoms with Gasteiger partial charge in [0.2, 0.25) is 0 Å². The summed E-state index contributed by atoms with van der Waals surface area (Å²) in [5, 5.41) is 3.51. The summed E-state index contributed by atoms with van der Waals surface area (Å²) in [6.07, 6.45) is 2.67. The Hall–Kier alpha value is -1.06. The van der Waals surface area contributed by atoms with E-state index in [1.807, 2.05) is 0 Å². The maximum Gasteiger partial charge on any atom is 0.123 e. The van der Waals surface area contributed by atoms with Gasteiger partial charge < -0.3 is 10.1 Å². The minimum atomic E-state index is 0.791. The maximum absolute atomic E-state index is 5.50. The Labute approximate surface area is 123 Å². The van der Waals surface area contributed by atoms with Crippen molar-refractivity contribution in [1.82, 2.24) is 10.2 Å². The molecule has 0 aliphatic carbocycles. The van der Waals surface area contributed by atoms with Crippen LogP contribution in [0.15, 0.2) is 18.2 Å². The summed E-state index contributed by atoms with van der Waals surface area (Å²) in [4.78, 5) is 2.54. The van der Waals surface area contributed by atoms with Crippen molar-refractivity contribution in [2.45, 2.75) is 33.2 Å². The third-order valence-electron chi connectivity index (χ3n) is 4.19. The Morgan fingerprint density at radius 3 is 2.90 bits per heavy atom. The number of hydrogen-bond acceptors (Lipinski definition) is 3. The zero-order chi connectivity index (χ0) is 14.4. The van der Waals surface area contributed by atoms with E-state index in [9.17, 15) is 0 Å². The molecular weight excluding hydrogens is 248 g/mol. The van der Waals surface area contributed by atoms with E-state index in [1.54, 1.807) is 7.11 Å². The minimum absolute atomic E-state index is 0.791. The van der Waals surface area contributed by atoms with Crippen molar-refractivity contribution in [3.63, 3.8) is 0 Å². The molecule has 1 atom stereocenters. The predicted molar refractivity (Wildman–Crippen MR) is 84.3 cm³/mol. The number of benzene rings is 1. The van der Waals surface area contributed by atoms with Gasteiger partial charge in [0.25, 0.3) is 0 Å². The van der Waals surface area contributed by atoms with Gasteiger partial charge >= 0.3 is 0 Å². The summed E-state index contributed by atoms with van der Waals surface area (Å²) >= 11 is 0. The number of nitrogens with one attached hydrogen (secondary N) is 1. The van der Waals surface area contributed by atoms with Crippen LogP contribution in [0.4, 0.5) is 0 Å². The molecule has 0 spiro atoms. The van der Waals surface area contributed by atoms with Gasteiger partial charge in [0.1, 0.15) is 5.75 Å². The molecule has 1 aliphatic rings. The molecule has 1 aromatic rings. The number of aryl methyl sites for hydroxylation is 1. The molecule has 1 N–H and O–H groups in total. The average Bonchev–Trinajstić information content (AvgIpc) is 2.48. The van der Waals surface area contributed by atoms with Crippen LogP contribution in [-0.4, -0.2) is 38.2 Å². The lowest BCUT2D eigenvalue weighted by Crippen LogP contribution is -2.38. The highest BCUT2D eigenvalue weighted by molar-refractivity contribution is 5.36. The minimum Gasteiger partial charge on any atom is -0.496 e. The van der Waals surface area contributed by atoms with Crippen molar-refractivity contribution in [3.05, 3.63) is 29.3 Å². The molecule has 112 valence electrons. The largest absolute Gasteiger partial charge is 0.496 e. The SMILES string of the molecule is CCN(Cc1cc(C)ccc1OC)CC1CCCNC1. The summed E-state index contributed by atoms with van der Waals surface area (Å²) < 4.78 is 5.50. The lowest BCUT2D eigenvalue weighted by molar-refractivity contribution is 0.207. The standard InChI is InChI=1S/C17H28N2O/c1-4-19(12-15-6-5-9-18-11-15)13-16-10-14(2)7-8-17(16)20-3/h7-8,10,15,18H,4-6,9,11-13H2,1-3H3. The first-order valence-electron chi connectivity index (χ1n) is 7.79. The number of nitrogens with zero attached hydrogens (tertiary/aromatic N) is 1. The third-order valence-corrected chi connectivity index (χ3v) is 4.19. The van der Waals surface area contributed by atoms with E-state index < -0.39 is 0 Å². The monoisotopic (exact) mass is 276 g/mol. The van der Waals surface area contributed by atoms with E-state index in [0.717, 1.165) is 24.8 Å². The molecule has 1 unspecified atom stereocenters. The Morgan fingerprint density at radius 2 is 2.25 bits per heavy atom. The van der Waals surface area contributed by atoms with Crippen molar-refractivity contribution in [2.24, 2.45) is 5.92 Å². The lowest BCUT2D eigenvalue weighted by Gasteiger charge is -2.29. The van der Waals surface area contributed by atoms with Crippen LogP contribution in [0.3, 0.4) is 0 Å². The van der Waals surface area contributed by atoms with E-state index in [2.05, 4.69) is 42.3 Å². The van der Waals surface area contributed by atoms with E-state index in [-0.39, 0.29) is 0 Å². The van der Waals surface area contributed by atoms with Crippen molar-refractivity contribution in [2.75, 3.05) is 33.3 Å². The van der Waals surface area contributed by atoms with Crippen molar-refractivity contribution in [1.29, 1.82) is 0 Å². The van der Waals surface area contributed by atoms with E-state index in [1.165, 1.54) is 43.6 Å². The average molecular weight is 276 g/mol. The van der Waals surface area contributed by atoms with Crippen LogP contribution >= 0.6 is 0 Å². The second-order valence-electron chi connectivity index (χ2n) is 5.86. The first-order chi connectivity index (χ1) is 9.72. The molecule has 2 rings (SSSR count). The summed E-state index contributed by atoms with van der Waals surface area (Å²) in [6, 6.07) is 6.45.